The summed E-state index contributed by atoms with van der Waals surface area (Å²) in [6.45, 7) is 5.32. The van der Waals surface area contributed by atoms with E-state index in [9.17, 15) is 4.79 Å². The summed E-state index contributed by atoms with van der Waals surface area (Å²) in [7, 11) is 1.82. The zero-order valence-corrected chi connectivity index (χ0v) is 21.1. The molecule has 0 radical (unpaired) electrons. The predicted octanol–water partition coefficient (Wildman–Crippen LogP) is 1.36. The maximum absolute atomic E-state index is 11.5. The zero-order chi connectivity index (χ0) is 21.6. The highest BCUT2D eigenvalue weighted by Crippen LogP contribution is 2.25. The SMILES string of the molecule is CN=C(NCc1cccnc1N1CCC(C(N)=O)CC1)N1CCOC(C2CCCO2)C1.I. The number of piperidine rings is 1. The number of guanidine groups is 1. The molecule has 9 nitrogen and oxygen atoms in total. The van der Waals surface area contributed by atoms with Crippen LogP contribution in [-0.2, 0) is 20.8 Å². The molecule has 4 heterocycles. The lowest BCUT2D eigenvalue weighted by molar-refractivity contribution is -0.122. The average molecular weight is 558 g/mol. The summed E-state index contributed by atoms with van der Waals surface area (Å²) >= 11 is 0. The zero-order valence-electron chi connectivity index (χ0n) is 18.7. The highest BCUT2D eigenvalue weighted by molar-refractivity contribution is 14.0. The fraction of sp³-hybridized carbons (Fsp3) is 0.682. The van der Waals surface area contributed by atoms with Gasteiger partial charge in [0.05, 0.1) is 12.7 Å². The number of nitrogens with zero attached hydrogens (tertiary/aromatic N) is 4. The van der Waals surface area contributed by atoms with Crippen molar-refractivity contribution in [3.05, 3.63) is 23.9 Å². The molecule has 178 valence electrons. The molecule has 1 aromatic rings. The average Bonchev–Trinajstić information content (AvgIpc) is 3.35. The van der Waals surface area contributed by atoms with Crippen LogP contribution in [-0.4, -0.2) is 80.4 Å². The summed E-state index contributed by atoms with van der Waals surface area (Å²) in [5.41, 5.74) is 6.60. The number of nitrogens with two attached hydrogens (primary N) is 1. The lowest BCUT2D eigenvalue weighted by Gasteiger charge is -2.37. The van der Waals surface area contributed by atoms with Gasteiger partial charge in [-0.05, 0) is 31.7 Å². The van der Waals surface area contributed by atoms with Gasteiger partial charge in [-0.1, -0.05) is 6.07 Å². The molecule has 1 amide bonds. The second kappa shape index (κ2) is 12.0. The van der Waals surface area contributed by atoms with Crippen LogP contribution in [0.15, 0.2) is 23.3 Å². The number of ether oxygens (including phenoxy) is 2. The highest BCUT2D eigenvalue weighted by atomic mass is 127. The summed E-state index contributed by atoms with van der Waals surface area (Å²) in [4.78, 5) is 25.1. The van der Waals surface area contributed by atoms with Crippen molar-refractivity contribution in [3.63, 3.8) is 0 Å². The monoisotopic (exact) mass is 558 g/mol. The Morgan fingerprint density at radius 1 is 1.22 bits per heavy atom. The first kappa shape index (κ1) is 25.0. The van der Waals surface area contributed by atoms with E-state index in [-0.39, 0.29) is 48.0 Å². The molecule has 3 fully saturated rings. The van der Waals surface area contributed by atoms with E-state index < -0.39 is 0 Å². The van der Waals surface area contributed by atoms with E-state index in [0.29, 0.717) is 13.2 Å². The van der Waals surface area contributed by atoms with Crippen LogP contribution in [0.3, 0.4) is 0 Å². The molecule has 3 aliphatic heterocycles. The number of rotatable bonds is 5. The normalized spacial score (nSPS) is 24.8. The molecule has 0 aromatic carbocycles. The molecule has 4 rings (SSSR count). The van der Waals surface area contributed by atoms with Crippen LogP contribution in [0.4, 0.5) is 5.82 Å². The summed E-state index contributed by atoms with van der Waals surface area (Å²) < 4.78 is 11.8. The number of carbonyl (C=O) groups is 1. The molecule has 10 heteroatoms. The number of primary amides is 1. The number of aliphatic imine (C=N–C) groups is 1. The number of anilines is 1. The number of hydrogen-bond acceptors (Lipinski definition) is 6. The first-order valence-corrected chi connectivity index (χ1v) is 11.3. The standard InChI is InChI=1S/C22H34N6O3.HI/c1-24-22(28-11-13-31-19(15-28)18-5-3-12-30-18)26-14-17-4-2-8-25-21(17)27-9-6-16(7-10-27)20(23)29;/h2,4,8,16,18-19H,3,5-7,9-15H2,1H3,(H2,23,29)(H,24,26);1H. The van der Waals surface area contributed by atoms with Crippen LogP contribution in [0.25, 0.3) is 0 Å². The van der Waals surface area contributed by atoms with Crippen molar-refractivity contribution in [1.82, 2.24) is 15.2 Å². The molecule has 0 aliphatic carbocycles. The first-order valence-electron chi connectivity index (χ1n) is 11.3. The Kier molecular flexibility index (Phi) is 9.35. The first-order chi connectivity index (χ1) is 15.2. The van der Waals surface area contributed by atoms with Gasteiger partial charge < -0.3 is 30.3 Å². The van der Waals surface area contributed by atoms with E-state index in [2.05, 4.69) is 31.2 Å². The van der Waals surface area contributed by atoms with Crippen molar-refractivity contribution >= 4 is 41.7 Å². The molecular formula is C22H35IN6O3. The summed E-state index contributed by atoms with van der Waals surface area (Å²) in [6.07, 6.45) is 5.83. The highest BCUT2D eigenvalue weighted by Gasteiger charge is 2.32. The Labute approximate surface area is 207 Å². The molecule has 3 aliphatic rings. The number of amides is 1. The van der Waals surface area contributed by atoms with Crippen LogP contribution in [0.2, 0.25) is 0 Å². The van der Waals surface area contributed by atoms with E-state index in [1.165, 1.54) is 0 Å². The number of hydrogen-bond donors (Lipinski definition) is 2. The van der Waals surface area contributed by atoms with Gasteiger partial charge in [-0.2, -0.15) is 0 Å². The summed E-state index contributed by atoms with van der Waals surface area (Å²) in [6, 6.07) is 4.05. The molecule has 0 spiro atoms. The van der Waals surface area contributed by atoms with Crippen LogP contribution in [0, 0.1) is 5.92 Å². The van der Waals surface area contributed by atoms with Gasteiger partial charge >= 0.3 is 0 Å². The number of aromatic nitrogens is 1. The van der Waals surface area contributed by atoms with Crippen LogP contribution < -0.4 is 16.0 Å². The van der Waals surface area contributed by atoms with Crippen molar-refractivity contribution in [3.8, 4) is 0 Å². The van der Waals surface area contributed by atoms with E-state index in [4.69, 9.17) is 15.2 Å². The number of carbonyl (C=O) groups excluding carboxylic acids is 1. The van der Waals surface area contributed by atoms with Crippen LogP contribution in [0.5, 0.6) is 0 Å². The van der Waals surface area contributed by atoms with Crippen LogP contribution >= 0.6 is 24.0 Å². The third-order valence-electron chi connectivity index (χ3n) is 6.49. The van der Waals surface area contributed by atoms with Crippen molar-refractivity contribution < 1.29 is 14.3 Å². The van der Waals surface area contributed by atoms with Crippen LogP contribution in [0.1, 0.15) is 31.2 Å². The summed E-state index contributed by atoms with van der Waals surface area (Å²) in [5, 5.41) is 3.51. The largest absolute Gasteiger partial charge is 0.375 e. The second-order valence-corrected chi connectivity index (χ2v) is 8.46. The van der Waals surface area contributed by atoms with Gasteiger partial charge in [0.1, 0.15) is 11.9 Å². The molecule has 3 N–H and O–H groups in total. The molecule has 2 atom stereocenters. The molecule has 1 aromatic heterocycles. The van der Waals surface area contributed by atoms with Gasteiger partial charge in [0.25, 0.3) is 0 Å². The Balaban J connectivity index is 0.00000289. The van der Waals surface area contributed by atoms with Gasteiger partial charge in [-0.15, -0.1) is 24.0 Å². The number of morpholine rings is 1. The topological polar surface area (TPSA) is 105 Å². The van der Waals surface area contributed by atoms with Gasteiger partial charge in [0.15, 0.2) is 5.96 Å². The van der Waals surface area contributed by atoms with Crippen molar-refractivity contribution in [2.24, 2.45) is 16.6 Å². The van der Waals surface area contributed by atoms with Crippen molar-refractivity contribution in [2.75, 3.05) is 51.3 Å². The molecule has 2 unspecified atom stereocenters. The van der Waals surface area contributed by atoms with E-state index in [1.807, 2.05) is 19.3 Å². The van der Waals surface area contributed by atoms with Gasteiger partial charge in [-0.3, -0.25) is 9.79 Å². The van der Waals surface area contributed by atoms with Crippen molar-refractivity contribution in [2.45, 2.75) is 44.4 Å². The lowest BCUT2D eigenvalue weighted by Crippen LogP contribution is -2.53. The van der Waals surface area contributed by atoms with Gasteiger partial charge in [-0.25, -0.2) is 4.98 Å². The fourth-order valence-electron chi connectivity index (χ4n) is 4.72. The molecule has 0 saturated carbocycles. The second-order valence-electron chi connectivity index (χ2n) is 8.46. The lowest BCUT2D eigenvalue weighted by atomic mass is 9.96. The molecule has 0 bridgehead atoms. The number of pyridine rings is 1. The molecular weight excluding hydrogens is 523 g/mol. The Hall–Kier alpha value is -1.66. The quantitative estimate of drug-likeness (QED) is 0.320. The molecule has 3 saturated heterocycles. The van der Waals surface area contributed by atoms with Gasteiger partial charge in [0.2, 0.25) is 5.91 Å². The Morgan fingerprint density at radius 3 is 2.69 bits per heavy atom. The Bertz CT molecular complexity index is 781. The van der Waals surface area contributed by atoms with E-state index >= 15 is 0 Å². The minimum Gasteiger partial charge on any atom is -0.375 e. The minimum atomic E-state index is -0.196. The molecule has 32 heavy (non-hydrogen) atoms. The fourth-order valence-corrected chi connectivity index (χ4v) is 4.72. The third-order valence-corrected chi connectivity index (χ3v) is 6.49. The number of nitrogens with one attached hydrogen (secondary N) is 1. The van der Waals surface area contributed by atoms with E-state index in [1.54, 1.807) is 0 Å². The van der Waals surface area contributed by atoms with E-state index in [0.717, 1.165) is 75.8 Å². The predicted molar refractivity (Wildman–Crippen MR) is 134 cm³/mol. The minimum absolute atomic E-state index is 0. The number of halogens is 1. The smallest absolute Gasteiger partial charge is 0.220 e. The van der Waals surface area contributed by atoms with Crippen molar-refractivity contribution in [1.29, 1.82) is 0 Å². The van der Waals surface area contributed by atoms with Gasteiger partial charge in [0, 0.05) is 64.1 Å². The third kappa shape index (κ3) is 6.02. The Morgan fingerprint density at radius 2 is 2.00 bits per heavy atom. The maximum atomic E-state index is 11.5. The summed E-state index contributed by atoms with van der Waals surface area (Å²) in [5.74, 6) is 1.61. The maximum Gasteiger partial charge on any atom is 0.220 e.